The van der Waals surface area contributed by atoms with E-state index in [4.69, 9.17) is 15.2 Å². The Morgan fingerprint density at radius 3 is 2.22 bits per heavy atom. The van der Waals surface area contributed by atoms with E-state index in [1.165, 1.54) is 0 Å². The van der Waals surface area contributed by atoms with Crippen molar-refractivity contribution in [1.82, 2.24) is 4.90 Å². The van der Waals surface area contributed by atoms with Gasteiger partial charge in [-0.25, -0.2) is 0 Å². The molecule has 2 rings (SSSR count). The Morgan fingerprint density at radius 1 is 1.00 bits per heavy atom. The maximum atomic E-state index is 12.8. The molecule has 2 amide bonds. The third-order valence-electron chi connectivity index (χ3n) is 4.17. The maximum absolute atomic E-state index is 12.8. The van der Waals surface area contributed by atoms with E-state index in [9.17, 15) is 9.59 Å². The average Bonchev–Trinajstić information content (AvgIpc) is 2.68. The molecule has 6 heteroatoms. The fourth-order valence-electron chi connectivity index (χ4n) is 2.65. The molecule has 0 saturated heterocycles. The third kappa shape index (κ3) is 6.66. The summed E-state index contributed by atoms with van der Waals surface area (Å²) in [6, 6.07) is 16.9. The van der Waals surface area contributed by atoms with Gasteiger partial charge in [-0.3, -0.25) is 9.59 Å². The van der Waals surface area contributed by atoms with Crippen molar-refractivity contribution in [3.63, 3.8) is 0 Å². The summed E-state index contributed by atoms with van der Waals surface area (Å²) < 4.78 is 10.9. The predicted molar refractivity (Wildman–Crippen MR) is 104 cm³/mol. The van der Waals surface area contributed by atoms with Crippen LogP contribution in [0, 0.1) is 0 Å². The molecule has 27 heavy (non-hydrogen) atoms. The van der Waals surface area contributed by atoms with E-state index in [2.05, 4.69) is 0 Å². The highest BCUT2D eigenvalue weighted by Crippen LogP contribution is 2.18. The van der Waals surface area contributed by atoms with Crippen LogP contribution in [0.1, 0.15) is 18.9 Å². The van der Waals surface area contributed by atoms with Crippen molar-refractivity contribution in [3.05, 3.63) is 60.2 Å². The Morgan fingerprint density at radius 2 is 1.63 bits per heavy atom. The smallest absolute Gasteiger partial charge is 0.263 e. The van der Waals surface area contributed by atoms with Gasteiger partial charge in [-0.05, 0) is 43.2 Å². The summed E-state index contributed by atoms with van der Waals surface area (Å²) in [5.41, 5.74) is 6.38. The number of nitrogens with two attached hydrogens (primary N) is 1. The molecule has 0 bridgehead atoms. The summed E-state index contributed by atoms with van der Waals surface area (Å²) in [6.07, 6.45) is 0.137. The molecule has 0 aliphatic heterocycles. The lowest BCUT2D eigenvalue weighted by atomic mass is 10.1. The van der Waals surface area contributed by atoms with E-state index in [0.29, 0.717) is 24.5 Å². The largest absolute Gasteiger partial charge is 0.497 e. The van der Waals surface area contributed by atoms with E-state index in [1.807, 2.05) is 30.3 Å². The molecule has 6 nitrogen and oxygen atoms in total. The summed E-state index contributed by atoms with van der Waals surface area (Å²) in [7, 11) is 1.59. The van der Waals surface area contributed by atoms with Gasteiger partial charge in [-0.2, -0.15) is 0 Å². The Kier molecular flexibility index (Phi) is 7.67. The third-order valence-corrected chi connectivity index (χ3v) is 4.17. The van der Waals surface area contributed by atoms with Crippen LogP contribution in [0.25, 0.3) is 0 Å². The normalized spacial score (nSPS) is 11.5. The number of benzene rings is 2. The van der Waals surface area contributed by atoms with Crippen molar-refractivity contribution in [3.8, 4) is 11.5 Å². The Balaban J connectivity index is 2.00. The van der Waals surface area contributed by atoms with E-state index < -0.39 is 12.0 Å². The molecule has 0 fully saturated rings. The second-order valence-corrected chi connectivity index (χ2v) is 6.21. The van der Waals surface area contributed by atoms with Gasteiger partial charge in [0.25, 0.3) is 5.91 Å². The van der Waals surface area contributed by atoms with E-state index in [-0.39, 0.29) is 18.9 Å². The van der Waals surface area contributed by atoms with Crippen LogP contribution >= 0.6 is 0 Å². The summed E-state index contributed by atoms with van der Waals surface area (Å²) in [6.45, 7) is 2.47. The van der Waals surface area contributed by atoms with Crippen LogP contribution in [0.2, 0.25) is 0 Å². The molecule has 1 unspecified atom stereocenters. The van der Waals surface area contributed by atoms with Crippen molar-refractivity contribution < 1.29 is 19.1 Å². The van der Waals surface area contributed by atoms with Crippen LogP contribution < -0.4 is 15.2 Å². The first-order valence-electron chi connectivity index (χ1n) is 8.91. The van der Waals surface area contributed by atoms with Crippen molar-refractivity contribution >= 4 is 11.8 Å². The molecule has 144 valence electrons. The summed E-state index contributed by atoms with van der Waals surface area (Å²) in [5, 5.41) is 0. The number of ether oxygens (including phenoxy) is 2. The fourth-order valence-corrected chi connectivity index (χ4v) is 2.65. The molecule has 0 aliphatic carbocycles. The number of methoxy groups -OCH3 is 1. The lowest BCUT2D eigenvalue weighted by Crippen LogP contribution is -2.43. The molecule has 2 aromatic carbocycles. The zero-order valence-corrected chi connectivity index (χ0v) is 15.8. The molecule has 0 aromatic heterocycles. The number of carbonyl (C=O) groups excluding carboxylic acids is 2. The second kappa shape index (κ2) is 10.2. The first-order valence-corrected chi connectivity index (χ1v) is 8.91. The number of hydrogen-bond donors (Lipinski definition) is 1. The first-order chi connectivity index (χ1) is 13.0. The molecular formula is C21H26N2O4. The summed E-state index contributed by atoms with van der Waals surface area (Å²) in [4.78, 5) is 25.6. The molecule has 0 aliphatic rings. The number of rotatable bonds is 10. The zero-order chi connectivity index (χ0) is 19.6. The number of carbonyl (C=O) groups is 2. The predicted octanol–water partition coefficient (Wildman–Crippen LogP) is 2.41. The van der Waals surface area contributed by atoms with Crippen molar-refractivity contribution in [2.75, 3.05) is 20.2 Å². The second-order valence-electron chi connectivity index (χ2n) is 6.21. The Bertz CT molecular complexity index is 732. The number of amides is 2. The fraction of sp³-hybridized carbons (Fsp3) is 0.333. The van der Waals surface area contributed by atoms with Gasteiger partial charge in [0.2, 0.25) is 5.91 Å². The van der Waals surface area contributed by atoms with Crippen LogP contribution in [0.5, 0.6) is 11.5 Å². The van der Waals surface area contributed by atoms with Gasteiger partial charge in [0, 0.05) is 19.5 Å². The first kappa shape index (κ1) is 20.3. The van der Waals surface area contributed by atoms with Crippen LogP contribution in [0.15, 0.2) is 54.6 Å². The van der Waals surface area contributed by atoms with Crippen LogP contribution in [0.3, 0.4) is 0 Å². The highest BCUT2D eigenvalue weighted by molar-refractivity contribution is 5.82. The van der Waals surface area contributed by atoms with Gasteiger partial charge in [0.05, 0.1) is 7.11 Å². The number of nitrogens with zero attached hydrogens (tertiary/aromatic N) is 1. The van der Waals surface area contributed by atoms with E-state index in [1.54, 1.807) is 43.2 Å². The molecular weight excluding hydrogens is 344 g/mol. The summed E-state index contributed by atoms with van der Waals surface area (Å²) >= 11 is 0. The molecule has 0 saturated carbocycles. The van der Waals surface area contributed by atoms with Gasteiger partial charge in [-0.1, -0.05) is 30.3 Å². The van der Waals surface area contributed by atoms with Crippen LogP contribution in [0.4, 0.5) is 0 Å². The Labute approximate surface area is 159 Å². The quantitative estimate of drug-likeness (QED) is 0.696. The Hall–Kier alpha value is -3.02. The van der Waals surface area contributed by atoms with Gasteiger partial charge in [-0.15, -0.1) is 0 Å². The minimum atomic E-state index is -0.679. The van der Waals surface area contributed by atoms with Gasteiger partial charge >= 0.3 is 0 Å². The summed E-state index contributed by atoms with van der Waals surface area (Å²) in [5.74, 6) is 0.682. The molecule has 1 atom stereocenters. The van der Waals surface area contributed by atoms with Crippen molar-refractivity contribution in [2.24, 2.45) is 5.73 Å². The van der Waals surface area contributed by atoms with Crippen molar-refractivity contribution in [2.45, 2.75) is 25.9 Å². The molecule has 2 aromatic rings. The lowest BCUT2D eigenvalue weighted by Gasteiger charge is -2.26. The van der Waals surface area contributed by atoms with Crippen LogP contribution in [-0.2, 0) is 16.0 Å². The SMILES string of the molecule is COc1ccc(OC(C)C(=O)N(CCC(N)=O)CCc2ccccc2)cc1. The van der Waals surface area contributed by atoms with Crippen LogP contribution in [-0.4, -0.2) is 43.0 Å². The molecule has 2 N–H and O–H groups in total. The lowest BCUT2D eigenvalue weighted by molar-refractivity contribution is -0.138. The highest BCUT2D eigenvalue weighted by Gasteiger charge is 2.22. The standard InChI is InChI=1S/C21H26N2O4/c1-16(27-19-10-8-18(26-2)9-11-19)21(25)23(15-13-20(22)24)14-12-17-6-4-3-5-7-17/h3-11,16H,12-15H2,1-2H3,(H2,22,24). The van der Waals surface area contributed by atoms with E-state index >= 15 is 0 Å². The van der Waals surface area contributed by atoms with Gasteiger partial charge in [0.15, 0.2) is 6.10 Å². The zero-order valence-electron chi connectivity index (χ0n) is 15.8. The van der Waals surface area contributed by atoms with Gasteiger partial charge in [0.1, 0.15) is 11.5 Å². The molecule has 0 spiro atoms. The molecule has 0 heterocycles. The topological polar surface area (TPSA) is 81.9 Å². The number of primary amides is 1. The maximum Gasteiger partial charge on any atom is 0.263 e. The monoisotopic (exact) mass is 370 g/mol. The van der Waals surface area contributed by atoms with E-state index in [0.717, 1.165) is 5.56 Å². The highest BCUT2D eigenvalue weighted by atomic mass is 16.5. The minimum Gasteiger partial charge on any atom is -0.497 e. The molecule has 0 radical (unpaired) electrons. The minimum absolute atomic E-state index is 0.121. The van der Waals surface area contributed by atoms with Gasteiger partial charge < -0.3 is 20.1 Å². The average molecular weight is 370 g/mol. The van der Waals surface area contributed by atoms with Crippen molar-refractivity contribution in [1.29, 1.82) is 0 Å². The number of hydrogen-bond acceptors (Lipinski definition) is 4.